The average molecular weight is 2000 g/mol. The summed E-state index contributed by atoms with van der Waals surface area (Å²) in [4.78, 5) is 36.1. The Hall–Kier alpha value is -10.6. The van der Waals surface area contributed by atoms with E-state index in [9.17, 15) is 82.7 Å². The van der Waals surface area contributed by atoms with Crippen LogP contribution in [0.1, 0.15) is 160 Å². The number of hydrogen-bond acceptors (Lipinski definition) is 22. The summed E-state index contributed by atoms with van der Waals surface area (Å²) < 4.78 is 237. The summed E-state index contributed by atoms with van der Waals surface area (Å²) in [6, 6.07) is 47.9. The molecule has 131 heavy (non-hydrogen) atoms. The van der Waals surface area contributed by atoms with Gasteiger partial charge in [-0.1, -0.05) is 112 Å². The van der Waals surface area contributed by atoms with E-state index in [-0.39, 0.29) is 48.9 Å². The lowest BCUT2D eigenvalue weighted by Crippen LogP contribution is -2.13. The van der Waals surface area contributed by atoms with Crippen molar-refractivity contribution >= 4 is 116 Å². The maximum Gasteiger partial charge on any atom is 0.439 e. The molecule has 0 radical (unpaired) electrons. The zero-order valence-corrected chi connectivity index (χ0v) is 78.0. The van der Waals surface area contributed by atoms with Crippen LogP contribution in [0.5, 0.6) is 0 Å². The number of thiazole rings is 4. The van der Waals surface area contributed by atoms with Crippen LogP contribution >= 0.6 is 80.3 Å². The number of alkyl halides is 14. The zero-order chi connectivity index (χ0) is 95.7. The number of aromatic amines is 1. The summed E-state index contributed by atoms with van der Waals surface area (Å²) in [7, 11) is -11.1. The number of halogens is 14. The largest absolute Gasteiger partial charge is 0.439 e. The molecule has 13 aromatic rings. The number of H-pyrrole nitrogens is 1. The molecule has 0 unspecified atom stereocenters. The zero-order valence-electron chi connectivity index (χ0n) is 69.9. The van der Waals surface area contributed by atoms with Crippen molar-refractivity contribution in [3.63, 3.8) is 0 Å². The lowest BCUT2D eigenvalue weighted by molar-refractivity contribution is -0.138. The van der Waals surface area contributed by atoms with Crippen LogP contribution in [0.15, 0.2) is 228 Å². The molecule has 5 aromatic heterocycles. The molecule has 0 saturated carbocycles. The molecule has 0 atom stereocenters. The van der Waals surface area contributed by atoms with E-state index < -0.39 is 82.2 Å². The predicted octanol–water partition coefficient (Wildman–Crippen LogP) is 25.5. The van der Waals surface area contributed by atoms with Crippen molar-refractivity contribution in [3.05, 3.63) is 286 Å². The Bertz CT molecular complexity index is 6480. The summed E-state index contributed by atoms with van der Waals surface area (Å²) in [5.41, 5.74) is 9.60. The molecule has 5 heterocycles. The first-order chi connectivity index (χ1) is 62.1. The fraction of sp³-hybridized carbons (Fsp3) is 0.278. The third kappa shape index (κ3) is 30.0. The van der Waals surface area contributed by atoms with Crippen LogP contribution in [0.25, 0.3) is 53.7 Å². The Morgan fingerprint density at radius 1 is 0.435 bits per heavy atom. The highest BCUT2D eigenvalue weighted by Crippen LogP contribution is 2.42. The second-order valence-electron chi connectivity index (χ2n) is 28.7. The Labute approximate surface area is 778 Å². The number of nitrogens with zero attached hydrogens (tertiary/aromatic N) is 8. The number of rotatable bonds is 30. The third-order valence-electron chi connectivity index (χ3n) is 19.2. The van der Waals surface area contributed by atoms with Gasteiger partial charge in [0.25, 0.3) is 0 Å². The van der Waals surface area contributed by atoms with Crippen LogP contribution in [-0.2, 0) is 103 Å². The average Bonchev–Trinajstić information content (AvgIpc) is 1.69. The molecule has 0 aliphatic heterocycles. The first-order valence-corrected chi connectivity index (χ1v) is 50.2. The number of sulfone groups is 3. The van der Waals surface area contributed by atoms with Crippen molar-refractivity contribution in [2.24, 2.45) is 10.9 Å². The minimum absolute atomic E-state index is 0.0721. The van der Waals surface area contributed by atoms with Crippen molar-refractivity contribution in [2.75, 3.05) is 5.34 Å². The molecule has 13 rings (SSSR count). The predicted molar refractivity (Wildman–Crippen MR) is 487 cm³/mol. The molecule has 0 amide bonds. The highest BCUT2D eigenvalue weighted by atomic mass is 35.5. The van der Waals surface area contributed by atoms with Crippen molar-refractivity contribution in [1.82, 2.24) is 30.1 Å². The van der Waals surface area contributed by atoms with E-state index in [1.807, 2.05) is 39.0 Å². The maximum absolute atomic E-state index is 13.1. The summed E-state index contributed by atoms with van der Waals surface area (Å²) >= 11 is 16.2. The van der Waals surface area contributed by atoms with Crippen molar-refractivity contribution in [1.29, 1.82) is 10.5 Å². The van der Waals surface area contributed by atoms with Crippen LogP contribution in [0.3, 0.4) is 0 Å². The number of unbranched alkanes of at least 4 members (excludes halogenated alkanes) is 4. The molecule has 0 saturated heterocycles. The van der Waals surface area contributed by atoms with E-state index in [0.717, 1.165) is 133 Å². The Morgan fingerprint density at radius 2 is 0.702 bits per heavy atom. The number of nitriles is 2. The molecule has 692 valence electrons. The molecule has 0 fully saturated rings. The molecule has 0 aliphatic rings. The summed E-state index contributed by atoms with van der Waals surface area (Å²) in [5, 5.41) is 35.4. The van der Waals surface area contributed by atoms with E-state index in [2.05, 4.69) is 47.8 Å². The first-order valence-electron chi connectivity index (χ1n) is 39.9. The van der Waals surface area contributed by atoms with Gasteiger partial charge >= 0.3 is 30.5 Å². The lowest BCUT2D eigenvalue weighted by Gasteiger charge is -2.06. The van der Waals surface area contributed by atoms with Gasteiger partial charge in [-0.3, -0.25) is 9.51 Å². The van der Waals surface area contributed by atoms with Crippen LogP contribution in [0.4, 0.5) is 52.7 Å². The number of aryl methyl sites for hydroxylation is 4. The number of hydrogen-bond donors (Lipinski definition) is 3. The van der Waals surface area contributed by atoms with Gasteiger partial charge in [0, 0.05) is 63.5 Å². The second kappa shape index (κ2) is 47.2. The smallest absolute Gasteiger partial charge is 0.409 e. The van der Waals surface area contributed by atoms with Gasteiger partial charge in [-0.15, -0.1) is 80.3 Å². The normalized spacial score (nSPS) is 12.0. The van der Waals surface area contributed by atoms with Gasteiger partial charge in [0.2, 0.25) is 0 Å². The van der Waals surface area contributed by atoms with E-state index >= 15 is 0 Å². The van der Waals surface area contributed by atoms with Gasteiger partial charge in [-0.2, -0.15) is 63.2 Å². The van der Waals surface area contributed by atoms with E-state index in [4.69, 9.17) is 49.7 Å². The monoisotopic (exact) mass is 2000 g/mol. The first kappa shape index (κ1) is 104. The standard InChI is InChI=1S/C23H20F3N3O4S2.C22H22F3N3O3S2.C22H19F3N2O2S2.C22H19F3N2S2.CH2Cl2/c1-2-3-4-18-19(34-21(27-18)15-5-9-16(10-6-15)23(24,25)26)13-35(31,32)17-11-7-14(8-12-17)20-28-22(30)33-29-20;1-2-3-4-18-19(13-33(30,31)17-11-7-14(8-12-17)20(26)28-29)32-21(27-18)15-5-9-16(10-6-15)22(23,24)25;1-2-3-4-19-20(14-31(28,29)18-11-5-15(13-26)6-12-18)30-21(27-19)16-7-9-17(10-8-16)22(23,24)25;1-2-3-4-19-20(14-28-18-11-5-15(13-26)6-12-18)29-21(27-19)16-7-9-17(10-8-16)22(23,24)25;2-1-3/h5-12H,2-4,13H2,1H3,(H,28,29,30);5-12,29H,2-4,13H2,1H3,(H2,26,28);5-12H,2-4,14H2,1H3;5-12H,2-4,14H2,1H3;1H2. The minimum atomic E-state index is -4.44. The lowest BCUT2D eigenvalue weighted by atomic mass is 10.1. The molecular formula is C90H82Cl2F12N10O9S8. The fourth-order valence-corrected chi connectivity index (χ4v) is 22.8. The maximum atomic E-state index is 13.1. The number of aromatic nitrogens is 6. The number of oxime groups is 1. The SMILES string of the molecule is CCCCc1nc(-c2ccc(C(F)(F)F)cc2)sc1CS(=O)(=O)c1ccc(-c2noc(=O)[nH]2)cc1.CCCCc1nc(-c2ccc(C(F)(F)F)cc2)sc1CS(=O)(=O)c1ccc(C#N)cc1.CCCCc1nc(-c2ccc(C(F)(F)F)cc2)sc1CS(=O)(=O)c1ccc(C(N)=NO)cc1.CCCCc1nc(-c2ccc(C(F)(F)F)cc2)sc1CSc1ccc(C#N)cc1.ClCCl. The van der Waals surface area contributed by atoms with Gasteiger partial charge < -0.3 is 10.9 Å². The van der Waals surface area contributed by atoms with Crippen molar-refractivity contribution < 1.29 is 87.7 Å². The van der Waals surface area contributed by atoms with E-state index in [1.54, 1.807) is 23.9 Å². The Morgan fingerprint density at radius 3 is 0.969 bits per heavy atom. The Balaban J connectivity index is 0.000000195. The van der Waals surface area contributed by atoms with Gasteiger partial charge in [-0.25, -0.2) is 50.0 Å². The van der Waals surface area contributed by atoms with Crippen LogP contribution in [-0.4, -0.2) is 71.7 Å². The highest BCUT2D eigenvalue weighted by Gasteiger charge is 2.35. The van der Waals surface area contributed by atoms with Gasteiger partial charge in [0.05, 0.1) is 106 Å². The van der Waals surface area contributed by atoms with Crippen LogP contribution in [0, 0.1) is 22.7 Å². The fourth-order valence-electron chi connectivity index (χ4n) is 12.2. The molecule has 19 nitrogen and oxygen atoms in total. The van der Waals surface area contributed by atoms with Gasteiger partial charge in [0.15, 0.2) is 41.2 Å². The summed E-state index contributed by atoms with van der Waals surface area (Å²) in [5.74, 6) is -0.753. The van der Waals surface area contributed by atoms with E-state index in [1.165, 1.54) is 167 Å². The molecule has 8 aromatic carbocycles. The number of amidine groups is 1. The van der Waals surface area contributed by atoms with Gasteiger partial charge in [-0.05, 0) is 197 Å². The highest BCUT2D eigenvalue weighted by molar-refractivity contribution is 7.98. The Kier molecular flexibility index (Phi) is 37.5. The number of thioether (sulfide) groups is 1. The quantitative estimate of drug-likeness (QED) is 0.00716. The third-order valence-corrected chi connectivity index (χ3v) is 30.6. The minimum Gasteiger partial charge on any atom is -0.409 e. The second-order valence-corrected chi connectivity index (χ2v) is 40.8. The van der Waals surface area contributed by atoms with Gasteiger partial charge in [0.1, 0.15) is 20.0 Å². The van der Waals surface area contributed by atoms with E-state index in [0.29, 0.717) is 111 Å². The van der Waals surface area contributed by atoms with Crippen molar-refractivity contribution in [2.45, 2.75) is 172 Å². The number of benzene rings is 8. The molecular weight excluding hydrogens is 1920 g/mol. The molecule has 0 spiro atoms. The molecule has 0 bridgehead atoms. The molecule has 0 aliphatic carbocycles. The topological polar surface area (TPSA) is 319 Å². The summed E-state index contributed by atoms with van der Waals surface area (Å²) in [6.07, 6.45) is -7.90. The van der Waals surface area contributed by atoms with Crippen molar-refractivity contribution in [3.8, 4) is 65.8 Å². The number of nitrogens with two attached hydrogens (primary N) is 1. The molecule has 4 N–H and O–H groups in total. The summed E-state index contributed by atoms with van der Waals surface area (Å²) in [6.45, 7) is 8.14. The van der Waals surface area contributed by atoms with Crippen LogP contribution < -0.4 is 11.5 Å². The number of nitrogens with one attached hydrogen (secondary N) is 1. The van der Waals surface area contributed by atoms with Crippen LogP contribution in [0.2, 0.25) is 0 Å². The molecule has 41 heteroatoms.